The van der Waals surface area contributed by atoms with Crippen LogP contribution >= 0.6 is 11.6 Å². The zero-order chi connectivity index (χ0) is 19.2. The summed E-state index contributed by atoms with van der Waals surface area (Å²) >= 11 is 5.90. The number of carbonyl (C=O) groups excluding carboxylic acids is 2. The number of halogens is 1. The Balaban J connectivity index is 1.66. The maximum Gasteiger partial charge on any atom is 0.323 e. The van der Waals surface area contributed by atoms with Crippen LogP contribution in [0.15, 0.2) is 72.8 Å². The molecule has 3 amide bonds. The van der Waals surface area contributed by atoms with Crippen molar-refractivity contribution in [2.75, 3.05) is 16.0 Å². The zero-order valence-corrected chi connectivity index (χ0v) is 15.4. The summed E-state index contributed by atoms with van der Waals surface area (Å²) in [7, 11) is 0. The smallest absolute Gasteiger partial charge is 0.322 e. The van der Waals surface area contributed by atoms with Crippen LogP contribution < -0.4 is 16.0 Å². The number of rotatable bonds is 4. The van der Waals surface area contributed by atoms with Gasteiger partial charge in [0.1, 0.15) is 0 Å². The van der Waals surface area contributed by atoms with E-state index >= 15 is 0 Å². The van der Waals surface area contributed by atoms with E-state index in [0.717, 1.165) is 11.3 Å². The molecule has 0 fully saturated rings. The monoisotopic (exact) mass is 379 g/mol. The highest BCUT2D eigenvalue weighted by Crippen LogP contribution is 2.17. The highest BCUT2D eigenvalue weighted by Gasteiger charge is 2.09. The molecule has 0 aromatic heterocycles. The van der Waals surface area contributed by atoms with Gasteiger partial charge in [-0.1, -0.05) is 35.9 Å². The van der Waals surface area contributed by atoms with Crippen LogP contribution in [0.1, 0.15) is 15.9 Å². The van der Waals surface area contributed by atoms with Gasteiger partial charge in [0, 0.05) is 27.6 Å². The van der Waals surface area contributed by atoms with Gasteiger partial charge in [0.05, 0.1) is 0 Å². The van der Waals surface area contributed by atoms with Gasteiger partial charge in [0.15, 0.2) is 0 Å². The molecule has 3 N–H and O–H groups in total. The topological polar surface area (TPSA) is 70.2 Å². The molecule has 0 heterocycles. The SMILES string of the molecule is Cc1cccc(NC(=O)c2cccc(NC(=O)Nc3cccc(Cl)c3)c2)c1. The van der Waals surface area contributed by atoms with E-state index in [1.54, 1.807) is 48.5 Å². The lowest BCUT2D eigenvalue weighted by molar-refractivity contribution is 0.102. The van der Waals surface area contributed by atoms with Crippen molar-refractivity contribution in [2.24, 2.45) is 0 Å². The van der Waals surface area contributed by atoms with Crippen LogP contribution in [-0.4, -0.2) is 11.9 Å². The predicted molar refractivity (Wildman–Crippen MR) is 110 cm³/mol. The molecule has 0 spiro atoms. The Hall–Kier alpha value is -3.31. The van der Waals surface area contributed by atoms with Crippen molar-refractivity contribution in [1.82, 2.24) is 0 Å². The molecule has 0 aliphatic heterocycles. The molecule has 0 aliphatic rings. The third-order valence-electron chi connectivity index (χ3n) is 3.74. The molecule has 3 rings (SSSR count). The molecule has 0 atom stereocenters. The van der Waals surface area contributed by atoms with Gasteiger partial charge in [-0.05, 0) is 61.0 Å². The number of hydrogen-bond acceptors (Lipinski definition) is 2. The molecular weight excluding hydrogens is 362 g/mol. The van der Waals surface area contributed by atoms with Crippen molar-refractivity contribution in [3.05, 3.63) is 88.9 Å². The molecule has 136 valence electrons. The van der Waals surface area contributed by atoms with Gasteiger partial charge < -0.3 is 16.0 Å². The Morgan fingerprint density at radius 3 is 2.00 bits per heavy atom. The molecule has 5 nitrogen and oxygen atoms in total. The molecule has 0 unspecified atom stereocenters. The fourth-order valence-electron chi connectivity index (χ4n) is 2.52. The maximum absolute atomic E-state index is 12.4. The molecule has 6 heteroatoms. The first-order valence-electron chi connectivity index (χ1n) is 8.31. The number of aryl methyl sites for hydroxylation is 1. The van der Waals surface area contributed by atoms with E-state index < -0.39 is 6.03 Å². The van der Waals surface area contributed by atoms with Gasteiger partial charge in [-0.3, -0.25) is 4.79 Å². The molecule has 0 saturated carbocycles. The summed E-state index contributed by atoms with van der Waals surface area (Å²) in [4.78, 5) is 24.6. The van der Waals surface area contributed by atoms with Crippen LogP contribution in [0.25, 0.3) is 0 Å². The lowest BCUT2D eigenvalue weighted by Gasteiger charge is -2.10. The van der Waals surface area contributed by atoms with E-state index in [2.05, 4.69) is 16.0 Å². The van der Waals surface area contributed by atoms with E-state index in [1.165, 1.54) is 0 Å². The summed E-state index contributed by atoms with van der Waals surface area (Å²) in [6.45, 7) is 1.96. The van der Waals surface area contributed by atoms with Gasteiger partial charge >= 0.3 is 6.03 Å². The molecule has 3 aromatic rings. The number of amides is 3. The van der Waals surface area contributed by atoms with Crippen LogP contribution in [0.2, 0.25) is 5.02 Å². The molecular formula is C21H18ClN3O2. The molecule has 0 bridgehead atoms. The molecule has 3 aromatic carbocycles. The van der Waals surface area contributed by atoms with Crippen molar-refractivity contribution in [1.29, 1.82) is 0 Å². The predicted octanol–water partition coefficient (Wildman–Crippen LogP) is 5.54. The first kappa shape index (κ1) is 18.5. The third kappa shape index (κ3) is 5.33. The average Bonchev–Trinajstić information content (AvgIpc) is 2.62. The van der Waals surface area contributed by atoms with Crippen molar-refractivity contribution in [2.45, 2.75) is 6.92 Å². The van der Waals surface area contributed by atoms with Crippen molar-refractivity contribution in [3.8, 4) is 0 Å². The Kier molecular flexibility index (Phi) is 5.74. The van der Waals surface area contributed by atoms with Crippen molar-refractivity contribution < 1.29 is 9.59 Å². The second-order valence-electron chi connectivity index (χ2n) is 5.99. The fourth-order valence-corrected chi connectivity index (χ4v) is 2.71. The molecule has 27 heavy (non-hydrogen) atoms. The number of carbonyl (C=O) groups is 2. The Labute approximate surface area is 162 Å². The van der Waals surface area contributed by atoms with Crippen LogP contribution in [0.4, 0.5) is 21.9 Å². The minimum absolute atomic E-state index is 0.250. The van der Waals surface area contributed by atoms with Crippen LogP contribution in [0.5, 0.6) is 0 Å². The third-order valence-corrected chi connectivity index (χ3v) is 3.98. The zero-order valence-electron chi connectivity index (χ0n) is 14.6. The van der Waals surface area contributed by atoms with E-state index in [9.17, 15) is 9.59 Å². The van der Waals surface area contributed by atoms with Gasteiger partial charge in [-0.15, -0.1) is 0 Å². The number of anilines is 3. The van der Waals surface area contributed by atoms with Gasteiger partial charge in [0.2, 0.25) is 0 Å². The van der Waals surface area contributed by atoms with E-state index in [0.29, 0.717) is 22.0 Å². The molecule has 0 saturated heterocycles. The van der Waals surface area contributed by atoms with E-state index in [4.69, 9.17) is 11.6 Å². The summed E-state index contributed by atoms with van der Waals surface area (Å²) in [6.07, 6.45) is 0. The minimum Gasteiger partial charge on any atom is -0.322 e. The number of benzene rings is 3. The number of nitrogens with one attached hydrogen (secondary N) is 3. The normalized spacial score (nSPS) is 10.1. The Morgan fingerprint density at radius 2 is 1.33 bits per heavy atom. The standard InChI is InChI=1S/C21H18ClN3O2/c1-14-5-2-8-17(11-14)23-20(26)15-6-3-9-18(12-15)24-21(27)25-19-10-4-7-16(22)13-19/h2-13H,1H3,(H,23,26)(H2,24,25,27). The highest BCUT2D eigenvalue weighted by atomic mass is 35.5. The number of hydrogen-bond donors (Lipinski definition) is 3. The average molecular weight is 380 g/mol. The van der Waals surface area contributed by atoms with E-state index in [1.807, 2.05) is 31.2 Å². The molecule has 0 radical (unpaired) electrons. The summed E-state index contributed by atoms with van der Waals surface area (Å²) in [5.41, 5.74) is 3.30. The van der Waals surface area contributed by atoms with Crippen molar-refractivity contribution in [3.63, 3.8) is 0 Å². The quantitative estimate of drug-likeness (QED) is 0.556. The summed E-state index contributed by atoms with van der Waals surface area (Å²) in [5, 5.41) is 8.77. The maximum atomic E-state index is 12.4. The Morgan fingerprint density at radius 1 is 0.741 bits per heavy atom. The van der Waals surface area contributed by atoms with Crippen molar-refractivity contribution >= 4 is 40.6 Å². The van der Waals surface area contributed by atoms with Crippen LogP contribution in [0, 0.1) is 6.92 Å². The van der Waals surface area contributed by atoms with Gasteiger partial charge in [-0.2, -0.15) is 0 Å². The second kappa shape index (κ2) is 8.38. The first-order chi connectivity index (χ1) is 13.0. The van der Waals surface area contributed by atoms with Gasteiger partial charge in [-0.25, -0.2) is 4.79 Å². The van der Waals surface area contributed by atoms with Crippen LogP contribution in [0.3, 0.4) is 0 Å². The summed E-state index contributed by atoms with van der Waals surface area (Å²) in [5.74, 6) is -0.250. The summed E-state index contributed by atoms with van der Waals surface area (Å²) < 4.78 is 0. The van der Waals surface area contributed by atoms with E-state index in [-0.39, 0.29) is 5.91 Å². The number of urea groups is 1. The van der Waals surface area contributed by atoms with Gasteiger partial charge in [0.25, 0.3) is 5.91 Å². The first-order valence-corrected chi connectivity index (χ1v) is 8.69. The second-order valence-corrected chi connectivity index (χ2v) is 6.43. The summed E-state index contributed by atoms with van der Waals surface area (Å²) in [6, 6.07) is 20.7. The lowest BCUT2D eigenvalue weighted by atomic mass is 10.1. The minimum atomic E-state index is -0.423. The fraction of sp³-hybridized carbons (Fsp3) is 0.0476. The largest absolute Gasteiger partial charge is 0.323 e. The van der Waals surface area contributed by atoms with Crippen LogP contribution in [-0.2, 0) is 0 Å². The Bertz CT molecular complexity index is 988. The molecule has 0 aliphatic carbocycles. The highest BCUT2D eigenvalue weighted by molar-refractivity contribution is 6.30. The lowest BCUT2D eigenvalue weighted by Crippen LogP contribution is -2.20.